The SMILES string of the molecule is COCCC1(c2noc(C3CC3)n2)CCCN(S(=O)(=O)c2ccc(F)cc2)C1. The predicted octanol–water partition coefficient (Wildman–Crippen LogP) is 2.85. The minimum Gasteiger partial charge on any atom is -0.385 e. The van der Waals surface area contributed by atoms with Crippen LogP contribution < -0.4 is 0 Å². The first-order valence-electron chi connectivity index (χ1n) is 9.53. The second kappa shape index (κ2) is 7.53. The Labute approximate surface area is 163 Å². The molecule has 1 atom stereocenters. The molecule has 1 saturated heterocycles. The van der Waals surface area contributed by atoms with E-state index >= 15 is 0 Å². The van der Waals surface area contributed by atoms with Gasteiger partial charge in [-0.2, -0.15) is 9.29 Å². The van der Waals surface area contributed by atoms with E-state index in [0.29, 0.717) is 43.6 Å². The third kappa shape index (κ3) is 3.70. The Morgan fingerprint density at radius 3 is 2.75 bits per heavy atom. The zero-order valence-electron chi connectivity index (χ0n) is 15.8. The van der Waals surface area contributed by atoms with Crippen LogP contribution in [-0.4, -0.2) is 49.7 Å². The summed E-state index contributed by atoms with van der Waals surface area (Å²) in [4.78, 5) is 4.70. The first kappa shape index (κ1) is 19.5. The maximum atomic E-state index is 13.2. The van der Waals surface area contributed by atoms with Gasteiger partial charge in [0.2, 0.25) is 15.9 Å². The Kier molecular flexibility index (Phi) is 5.24. The number of hydrogen-bond donors (Lipinski definition) is 0. The molecule has 0 amide bonds. The third-order valence-electron chi connectivity index (χ3n) is 5.62. The van der Waals surface area contributed by atoms with Gasteiger partial charge in [-0.05, 0) is 56.4 Å². The van der Waals surface area contributed by atoms with Gasteiger partial charge < -0.3 is 9.26 Å². The summed E-state index contributed by atoms with van der Waals surface area (Å²) in [6.45, 7) is 1.12. The van der Waals surface area contributed by atoms with Gasteiger partial charge in [0.1, 0.15) is 5.82 Å². The molecule has 2 aliphatic rings. The van der Waals surface area contributed by atoms with E-state index in [1.807, 2.05) is 0 Å². The summed E-state index contributed by atoms with van der Waals surface area (Å²) in [6, 6.07) is 4.93. The Bertz CT molecular complexity index is 927. The average Bonchev–Trinajstić information content (AvgIpc) is 3.43. The highest BCUT2D eigenvalue weighted by molar-refractivity contribution is 7.89. The Balaban J connectivity index is 1.64. The maximum absolute atomic E-state index is 13.2. The van der Waals surface area contributed by atoms with Crippen molar-refractivity contribution >= 4 is 10.0 Å². The molecule has 1 aliphatic heterocycles. The molecule has 7 nitrogen and oxygen atoms in total. The molecule has 2 heterocycles. The molecule has 0 bridgehead atoms. The molecule has 1 aromatic heterocycles. The Morgan fingerprint density at radius 1 is 1.32 bits per heavy atom. The van der Waals surface area contributed by atoms with Crippen molar-refractivity contribution in [3.05, 3.63) is 41.8 Å². The van der Waals surface area contributed by atoms with Crippen molar-refractivity contribution in [3.8, 4) is 0 Å². The molecular formula is C19H24FN3O4S. The lowest BCUT2D eigenvalue weighted by molar-refractivity contribution is 0.128. The quantitative estimate of drug-likeness (QED) is 0.699. The fourth-order valence-corrected chi connectivity index (χ4v) is 5.36. The first-order valence-corrected chi connectivity index (χ1v) is 11.0. The van der Waals surface area contributed by atoms with Crippen molar-refractivity contribution in [2.45, 2.75) is 48.3 Å². The smallest absolute Gasteiger partial charge is 0.243 e. The zero-order valence-corrected chi connectivity index (χ0v) is 16.6. The molecule has 1 saturated carbocycles. The van der Waals surface area contributed by atoms with Crippen LogP contribution in [0.4, 0.5) is 4.39 Å². The standard InChI is InChI=1S/C19H24FN3O4S/c1-26-12-10-19(18-21-17(27-22-18)14-3-4-14)9-2-11-23(13-19)28(24,25)16-7-5-15(20)6-8-16/h5-8,14H,2-4,9-13H2,1H3. The van der Waals surface area contributed by atoms with Gasteiger partial charge in [0.15, 0.2) is 5.82 Å². The summed E-state index contributed by atoms with van der Waals surface area (Å²) in [5, 5.41) is 4.21. The molecule has 2 fully saturated rings. The number of methoxy groups -OCH3 is 1. The maximum Gasteiger partial charge on any atom is 0.243 e. The highest BCUT2D eigenvalue weighted by Crippen LogP contribution is 2.42. The molecule has 9 heteroatoms. The fourth-order valence-electron chi connectivity index (χ4n) is 3.79. The minimum atomic E-state index is -3.74. The minimum absolute atomic E-state index is 0.0863. The van der Waals surface area contributed by atoms with E-state index in [0.717, 1.165) is 31.4 Å². The molecular weight excluding hydrogens is 385 g/mol. The molecule has 1 unspecified atom stereocenters. The van der Waals surface area contributed by atoms with Crippen LogP contribution in [0.15, 0.2) is 33.7 Å². The van der Waals surface area contributed by atoms with Crippen LogP contribution in [0.25, 0.3) is 0 Å². The van der Waals surface area contributed by atoms with Crippen LogP contribution in [0.3, 0.4) is 0 Å². The van der Waals surface area contributed by atoms with Crippen molar-refractivity contribution in [2.75, 3.05) is 26.8 Å². The molecule has 0 spiro atoms. The van der Waals surface area contributed by atoms with Gasteiger partial charge in [0, 0.05) is 38.1 Å². The van der Waals surface area contributed by atoms with E-state index < -0.39 is 21.3 Å². The summed E-state index contributed by atoms with van der Waals surface area (Å²) in [5.74, 6) is 1.07. The number of halogens is 1. The van der Waals surface area contributed by atoms with E-state index in [9.17, 15) is 12.8 Å². The number of piperidine rings is 1. The van der Waals surface area contributed by atoms with Gasteiger partial charge in [-0.1, -0.05) is 5.16 Å². The first-order chi connectivity index (χ1) is 13.4. The topological polar surface area (TPSA) is 85.5 Å². The van der Waals surface area contributed by atoms with Crippen molar-refractivity contribution in [1.29, 1.82) is 0 Å². The number of rotatable bonds is 7. The lowest BCUT2D eigenvalue weighted by Crippen LogP contribution is -2.49. The van der Waals surface area contributed by atoms with Crippen LogP contribution in [0, 0.1) is 5.82 Å². The summed E-state index contributed by atoms with van der Waals surface area (Å²) in [7, 11) is -2.12. The number of ether oxygens (including phenoxy) is 1. The largest absolute Gasteiger partial charge is 0.385 e. The van der Waals surface area contributed by atoms with E-state index in [1.54, 1.807) is 7.11 Å². The molecule has 152 valence electrons. The van der Waals surface area contributed by atoms with Gasteiger partial charge >= 0.3 is 0 Å². The summed E-state index contributed by atoms with van der Waals surface area (Å²) in [6.07, 6.45) is 4.14. The van der Waals surface area contributed by atoms with E-state index in [1.165, 1.54) is 16.4 Å². The number of hydrogen-bond acceptors (Lipinski definition) is 6. The Morgan fingerprint density at radius 2 is 2.07 bits per heavy atom. The number of nitrogens with zero attached hydrogens (tertiary/aromatic N) is 3. The zero-order chi connectivity index (χ0) is 19.8. The van der Waals surface area contributed by atoms with Crippen molar-refractivity contribution in [3.63, 3.8) is 0 Å². The molecule has 1 aliphatic carbocycles. The third-order valence-corrected chi connectivity index (χ3v) is 7.48. The van der Waals surface area contributed by atoms with Gasteiger partial charge in [0.25, 0.3) is 0 Å². The molecule has 4 rings (SSSR count). The van der Waals surface area contributed by atoms with Crippen molar-refractivity contribution in [2.24, 2.45) is 0 Å². The monoisotopic (exact) mass is 409 g/mol. The van der Waals surface area contributed by atoms with Crippen molar-refractivity contribution in [1.82, 2.24) is 14.4 Å². The predicted molar refractivity (Wildman–Crippen MR) is 98.8 cm³/mol. The van der Waals surface area contributed by atoms with Crippen molar-refractivity contribution < 1.29 is 22.1 Å². The van der Waals surface area contributed by atoms with Gasteiger partial charge in [0.05, 0.1) is 4.90 Å². The number of sulfonamides is 1. The highest BCUT2D eigenvalue weighted by atomic mass is 32.2. The molecule has 0 radical (unpaired) electrons. The van der Waals surface area contributed by atoms with Gasteiger partial charge in [-0.3, -0.25) is 0 Å². The molecule has 28 heavy (non-hydrogen) atoms. The lowest BCUT2D eigenvalue weighted by atomic mass is 9.77. The van der Waals surface area contributed by atoms with Crippen LogP contribution >= 0.6 is 0 Å². The van der Waals surface area contributed by atoms with Gasteiger partial charge in [-0.15, -0.1) is 0 Å². The summed E-state index contributed by atoms with van der Waals surface area (Å²) >= 11 is 0. The fraction of sp³-hybridized carbons (Fsp3) is 0.579. The van der Waals surface area contributed by atoms with Crippen LogP contribution in [0.2, 0.25) is 0 Å². The van der Waals surface area contributed by atoms with E-state index in [-0.39, 0.29) is 11.4 Å². The number of aromatic nitrogens is 2. The Hall–Kier alpha value is -1.84. The second-order valence-electron chi connectivity index (χ2n) is 7.65. The molecule has 1 aromatic carbocycles. The van der Waals surface area contributed by atoms with E-state index in [4.69, 9.17) is 9.26 Å². The van der Waals surface area contributed by atoms with Crippen LogP contribution in [0.5, 0.6) is 0 Å². The van der Waals surface area contributed by atoms with Gasteiger partial charge in [-0.25, -0.2) is 12.8 Å². The average molecular weight is 409 g/mol. The normalized spacial score (nSPS) is 23.8. The van der Waals surface area contributed by atoms with Crippen LogP contribution in [0.1, 0.15) is 49.7 Å². The lowest BCUT2D eigenvalue weighted by Gasteiger charge is -2.40. The van der Waals surface area contributed by atoms with E-state index in [2.05, 4.69) is 10.1 Å². The van der Waals surface area contributed by atoms with Crippen LogP contribution in [-0.2, 0) is 20.2 Å². The highest BCUT2D eigenvalue weighted by Gasteiger charge is 2.45. The molecule has 0 N–H and O–H groups in total. The molecule has 2 aromatic rings. The number of benzene rings is 1. The second-order valence-corrected chi connectivity index (χ2v) is 9.59. The summed E-state index contributed by atoms with van der Waals surface area (Å²) < 4.78 is 51.7. The summed E-state index contributed by atoms with van der Waals surface area (Å²) in [5.41, 5.74) is -0.558.